The van der Waals surface area contributed by atoms with Gasteiger partial charge in [-0.2, -0.15) is 0 Å². The molecule has 7 nitrogen and oxygen atoms in total. The molecule has 0 aliphatic heterocycles. The van der Waals surface area contributed by atoms with Crippen molar-refractivity contribution in [3.63, 3.8) is 0 Å². The van der Waals surface area contributed by atoms with Gasteiger partial charge in [0, 0.05) is 12.8 Å². The molecular formula is C56H110O7. The summed E-state index contributed by atoms with van der Waals surface area (Å²) in [6.07, 6.45) is 39.8. The van der Waals surface area contributed by atoms with Crippen LogP contribution in [-0.2, 0) is 33.2 Å². The number of rotatable bonds is 52. The zero-order valence-corrected chi connectivity index (χ0v) is 43.7. The minimum Gasteiger partial charge on any atom is -0.494 e. The molecule has 0 bridgehead atoms. The van der Waals surface area contributed by atoms with E-state index in [-0.39, 0.29) is 0 Å². The molecule has 0 aromatic heterocycles. The average molecular weight is 895 g/mol. The Bertz CT molecular complexity index is 905. The standard InChI is InChI=1S/C56H110O7/c1-9-17-25-29-31-33-35-39-43-51(57-45-21-13-5)53(59-47-23-15-7)55(61-49-41-37-27-19-11-3)63-56(62-50-42-38-28-20-12-4)54(60-48-24-16-8)52(58-46-22-14-6)44-40-36-34-32-30-26-18-10-2/h55-56H,9-50H2,1-8H3. The Morgan fingerprint density at radius 1 is 0.254 bits per heavy atom. The quantitative estimate of drug-likeness (QED) is 0.0342. The third-order valence-corrected chi connectivity index (χ3v) is 11.8. The molecule has 0 fully saturated rings. The molecule has 63 heavy (non-hydrogen) atoms. The second-order valence-corrected chi connectivity index (χ2v) is 18.2. The Labute approximate surface area is 393 Å². The summed E-state index contributed by atoms with van der Waals surface area (Å²) in [4.78, 5) is 0. The molecule has 2 unspecified atom stereocenters. The van der Waals surface area contributed by atoms with Gasteiger partial charge in [-0.15, -0.1) is 0 Å². The van der Waals surface area contributed by atoms with E-state index in [1.54, 1.807) is 0 Å². The summed E-state index contributed by atoms with van der Waals surface area (Å²) in [5.41, 5.74) is 0. The Balaban J connectivity index is 7.26. The SMILES string of the molecule is CCCCCCCCCCC(OCCCC)=C(OCCCC)C(OCCCCCCC)OC(OCCCCCCC)C(OCCCC)=C(CCCCCCCCCC)OCCCC. The molecule has 0 saturated heterocycles. The number of ether oxygens (including phenoxy) is 7. The summed E-state index contributed by atoms with van der Waals surface area (Å²) in [6, 6.07) is 0. The lowest BCUT2D eigenvalue weighted by Crippen LogP contribution is -2.34. The molecule has 0 amide bonds. The molecule has 2 atom stereocenters. The summed E-state index contributed by atoms with van der Waals surface area (Å²) >= 11 is 0. The largest absolute Gasteiger partial charge is 0.494 e. The van der Waals surface area contributed by atoms with Gasteiger partial charge in [0.15, 0.2) is 11.5 Å². The van der Waals surface area contributed by atoms with Gasteiger partial charge >= 0.3 is 0 Å². The van der Waals surface area contributed by atoms with Crippen LogP contribution in [0.3, 0.4) is 0 Å². The van der Waals surface area contributed by atoms with Gasteiger partial charge in [0.1, 0.15) is 11.5 Å². The van der Waals surface area contributed by atoms with E-state index in [1.165, 1.54) is 128 Å². The number of hydrogen-bond acceptors (Lipinski definition) is 7. The fourth-order valence-electron chi connectivity index (χ4n) is 7.52. The van der Waals surface area contributed by atoms with Crippen molar-refractivity contribution in [2.75, 3.05) is 39.6 Å². The highest BCUT2D eigenvalue weighted by atomic mass is 16.8. The van der Waals surface area contributed by atoms with Gasteiger partial charge in [-0.1, -0.05) is 222 Å². The maximum absolute atomic E-state index is 7.26. The molecule has 0 spiro atoms. The normalized spacial score (nSPS) is 13.5. The van der Waals surface area contributed by atoms with Crippen molar-refractivity contribution >= 4 is 0 Å². The summed E-state index contributed by atoms with van der Waals surface area (Å²) in [6.45, 7) is 21.6. The third kappa shape index (κ3) is 37.4. The molecule has 0 N–H and O–H groups in total. The first kappa shape index (κ1) is 61.6. The Morgan fingerprint density at radius 2 is 0.508 bits per heavy atom. The van der Waals surface area contributed by atoms with E-state index < -0.39 is 12.6 Å². The van der Waals surface area contributed by atoms with Crippen LogP contribution in [0.1, 0.15) is 287 Å². The topological polar surface area (TPSA) is 64.6 Å². The highest BCUT2D eigenvalue weighted by molar-refractivity contribution is 5.09. The summed E-state index contributed by atoms with van der Waals surface area (Å²) < 4.78 is 48.2. The van der Waals surface area contributed by atoms with Gasteiger partial charge in [-0.3, -0.25) is 0 Å². The van der Waals surface area contributed by atoms with Crippen LogP contribution >= 0.6 is 0 Å². The smallest absolute Gasteiger partial charge is 0.223 e. The molecule has 0 rings (SSSR count). The van der Waals surface area contributed by atoms with Crippen LogP contribution in [-0.4, -0.2) is 52.2 Å². The fourth-order valence-corrected chi connectivity index (χ4v) is 7.52. The van der Waals surface area contributed by atoms with Gasteiger partial charge in [-0.05, 0) is 51.4 Å². The summed E-state index contributed by atoms with van der Waals surface area (Å²) in [7, 11) is 0. The maximum Gasteiger partial charge on any atom is 0.223 e. The van der Waals surface area contributed by atoms with Crippen molar-refractivity contribution in [1.82, 2.24) is 0 Å². The van der Waals surface area contributed by atoms with E-state index in [2.05, 4.69) is 55.4 Å². The van der Waals surface area contributed by atoms with E-state index in [1.807, 2.05) is 0 Å². The summed E-state index contributed by atoms with van der Waals surface area (Å²) in [5, 5.41) is 0. The number of allylic oxidation sites excluding steroid dienone is 2. The van der Waals surface area contributed by atoms with Gasteiger partial charge in [-0.25, -0.2) is 0 Å². The molecule has 0 heterocycles. The third-order valence-electron chi connectivity index (χ3n) is 11.8. The maximum atomic E-state index is 7.26. The highest BCUT2D eigenvalue weighted by Gasteiger charge is 2.32. The predicted octanol–water partition coefficient (Wildman–Crippen LogP) is 18.4. The van der Waals surface area contributed by atoms with Crippen LogP contribution in [0.4, 0.5) is 0 Å². The van der Waals surface area contributed by atoms with E-state index in [0.717, 1.165) is 114 Å². The second-order valence-electron chi connectivity index (χ2n) is 18.2. The molecule has 0 aliphatic rings. The lowest BCUT2D eigenvalue weighted by molar-refractivity contribution is -0.243. The van der Waals surface area contributed by atoms with Crippen LogP contribution in [0, 0.1) is 0 Å². The molecule has 0 aromatic rings. The molecule has 7 heteroatoms. The highest BCUT2D eigenvalue weighted by Crippen LogP contribution is 2.30. The van der Waals surface area contributed by atoms with E-state index in [9.17, 15) is 0 Å². The first-order valence-corrected chi connectivity index (χ1v) is 27.9. The lowest BCUT2D eigenvalue weighted by Gasteiger charge is -2.30. The molecule has 0 aromatic carbocycles. The Kier molecular flexibility index (Phi) is 48.8. The van der Waals surface area contributed by atoms with Crippen LogP contribution in [0.2, 0.25) is 0 Å². The number of hydrogen-bond donors (Lipinski definition) is 0. The van der Waals surface area contributed by atoms with Crippen molar-refractivity contribution in [2.45, 2.75) is 299 Å². The van der Waals surface area contributed by atoms with Crippen molar-refractivity contribution in [1.29, 1.82) is 0 Å². The van der Waals surface area contributed by atoms with Gasteiger partial charge in [0.2, 0.25) is 12.6 Å². The molecule has 0 saturated carbocycles. The van der Waals surface area contributed by atoms with E-state index in [4.69, 9.17) is 33.2 Å². The van der Waals surface area contributed by atoms with Crippen molar-refractivity contribution in [2.24, 2.45) is 0 Å². The van der Waals surface area contributed by atoms with E-state index >= 15 is 0 Å². The first-order valence-electron chi connectivity index (χ1n) is 27.9. The van der Waals surface area contributed by atoms with Crippen LogP contribution in [0.25, 0.3) is 0 Å². The average Bonchev–Trinajstić information content (AvgIpc) is 3.29. The van der Waals surface area contributed by atoms with Gasteiger partial charge in [0.05, 0.1) is 39.6 Å². The van der Waals surface area contributed by atoms with Gasteiger partial charge < -0.3 is 33.2 Å². The zero-order chi connectivity index (χ0) is 46.1. The Hall–Kier alpha value is -1.44. The summed E-state index contributed by atoms with van der Waals surface area (Å²) in [5.74, 6) is 3.15. The van der Waals surface area contributed by atoms with Crippen molar-refractivity contribution < 1.29 is 33.2 Å². The minimum absolute atomic E-state index is 0.576. The first-order chi connectivity index (χ1) is 31.1. The van der Waals surface area contributed by atoms with Crippen molar-refractivity contribution in [3.8, 4) is 0 Å². The van der Waals surface area contributed by atoms with Crippen molar-refractivity contribution in [3.05, 3.63) is 23.0 Å². The van der Waals surface area contributed by atoms with Crippen LogP contribution in [0.15, 0.2) is 23.0 Å². The molecule has 0 aliphatic carbocycles. The monoisotopic (exact) mass is 895 g/mol. The molecule has 0 radical (unpaired) electrons. The fraction of sp³-hybridized carbons (Fsp3) is 0.929. The van der Waals surface area contributed by atoms with Gasteiger partial charge in [0.25, 0.3) is 0 Å². The minimum atomic E-state index is -0.798. The second kappa shape index (κ2) is 50.0. The molecule has 376 valence electrons. The predicted molar refractivity (Wildman–Crippen MR) is 270 cm³/mol. The molecular weight excluding hydrogens is 785 g/mol. The van der Waals surface area contributed by atoms with Crippen LogP contribution in [0.5, 0.6) is 0 Å². The zero-order valence-electron chi connectivity index (χ0n) is 43.7. The lowest BCUT2D eigenvalue weighted by atomic mass is 10.1. The van der Waals surface area contributed by atoms with E-state index in [0.29, 0.717) is 51.2 Å². The Morgan fingerprint density at radius 3 is 0.810 bits per heavy atom. The van der Waals surface area contributed by atoms with Crippen LogP contribution < -0.4 is 0 Å². The number of unbranched alkanes of at least 4 members (excludes halogenated alkanes) is 26.